The maximum Gasteiger partial charge on any atom is 0.0830 e. The summed E-state index contributed by atoms with van der Waals surface area (Å²) < 4.78 is 5.05. The maximum absolute atomic E-state index is 9.24. The highest BCUT2D eigenvalue weighted by Gasteiger charge is 2.21. The van der Waals surface area contributed by atoms with Gasteiger partial charge < -0.3 is 9.84 Å². The molecule has 2 nitrogen and oxygen atoms in total. The second-order valence-electron chi connectivity index (χ2n) is 2.63. The zero-order chi connectivity index (χ0) is 6.69. The molecule has 0 aliphatic heterocycles. The van der Waals surface area contributed by atoms with Crippen LogP contribution >= 0.6 is 0 Å². The third-order valence-corrected chi connectivity index (χ3v) is 1.97. The number of methoxy groups -OCH3 is 1. The Labute approximate surface area is 55.8 Å². The van der Waals surface area contributed by atoms with E-state index in [-0.39, 0.29) is 12.2 Å². The van der Waals surface area contributed by atoms with E-state index in [1.165, 1.54) is 6.42 Å². The Morgan fingerprint density at radius 1 is 1.33 bits per heavy atom. The molecule has 2 atom stereocenters. The van der Waals surface area contributed by atoms with Crippen LogP contribution in [0.3, 0.4) is 0 Å². The summed E-state index contributed by atoms with van der Waals surface area (Å²) in [5, 5.41) is 9.24. The van der Waals surface area contributed by atoms with E-state index in [1.807, 2.05) is 0 Å². The van der Waals surface area contributed by atoms with Gasteiger partial charge in [0.2, 0.25) is 0 Å². The molecule has 0 aromatic rings. The summed E-state index contributed by atoms with van der Waals surface area (Å²) in [5.41, 5.74) is 0. The number of rotatable bonds is 1. The largest absolute Gasteiger partial charge is 0.390 e. The molecule has 1 aliphatic carbocycles. The minimum atomic E-state index is -0.205. The number of hydrogen-bond donors (Lipinski definition) is 1. The van der Waals surface area contributed by atoms with Crippen molar-refractivity contribution in [2.75, 3.05) is 7.11 Å². The fraction of sp³-hybridized carbons (Fsp3) is 1.00. The first kappa shape index (κ1) is 7.03. The van der Waals surface area contributed by atoms with Gasteiger partial charge in [-0.05, 0) is 12.8 Å². The maximum atomic E-state index is 9.24. The van der Waals surface area contributed by atoms with Gasteiger partial charge in [0.25, 0.3) is 0 Å². The Balaban J connectivity index is 2.30. The standard InChI is InChI=1S/C7H14O2/c1-9-7-5-3-2-4-6(7)8/h6-8H,2-5H2,1H3/t6?,7-/m1/s1. The van der Waals surface area contributed by atoms with Crippen molar-refractivity contribution in [1.82, 2.24) is 0 Å². The van der Waals surface area contributed by atoms with E-state index in [9.17, 15) is 5.11 Å². The molecule has 9 heavy (non-hydrogen) atoms. The zero-order valence-electron chi connectivity index (χ0n) is 5.84. The molecule has 0 spiro atoms. The summed E-state index contributed by atoms with van der Waals surface area (Å²) in [5.74, 6) is 0. The lowest BCUT2D eigenvalue weighted by Crippen LogP contribution is -2.30. The Bertz CT molecular complexity index is 83.0. The lowest BCUT2D eigenvalue weighted by atomic mass is 9.95. The van der Waals surface area contributed by atoms with E-state index in [4.69, 9.17) is 4.74 Å². The van der Waals surface area contributed by atoms with Crippen LogP contribution in [-0.4, -0.2) is 24.4 Å². The van der Waals surface area contributed by atoms with Crippen molar-refractivity contribution in [3.63, 3.8) is 0 Å². The minimum Gasteiger partial charge on any atom is -0.390 e. The molecule has 1 N–H and O–H groups in total. The van der Waals surface area contributed by atoms with Crippen molar-refractivity contribution in [2.24, 2.45) is 0 Å². The van der Waals surface area contributed by atoms with E-state index < -0.39 is 0 Å². The van der Waals surface area contributed by atoms with E-state index in [1.54, 1.807) is 7.11 Å². The first-order valence-electron chi connectivity index (χ1n) is 3.55. The van der Waals surface area contributed by atoms with Gasteiger partial charge in [-0.1, -0.05) is 12.8 Å². The van der Waals surface area contributed by atoms with Crippen molar-refractivity contribution < 1.29 is 9.84 Å². The number of aliphatic hydroxyl groups is 1. The molecule has 1 fully saturated rings. The van der Waals surface area contributed by atoms with Crippen LogP contribution in [-0.2, 0) is 4.74 Å². The van der Waals surface area contributed by atoms with Gasteiger partial charge in [0, 0.05) is 7.11 Å². The Morgan fingerprint density at radius 3 is 2.44 bits per heavy atom. The molecule has 0 aromatic heterocycles. The van der Waals surface area contributed by atoms with Gasteiger partial charge in [0.1, 0.15) is 0 Å². The molecular weight excluding hydrogens is 116 g/mol. The van der Waals surface area contributed by atoms with E-state index in [0.29, 0.717) is 0 Å². The van der Waals surface area contributed by atoms with E-state index in [2.05, 4.69) is 0 Å². The molecule has 0 aromatic carbocycles. The van der Waals surface area contributed by atoms with E-state index in [0.717, 1.165) is 19.3 Å². The molecule has 0 heterocycles. The lowest BCUT2D eigenvalue weighted by molar-refractivity contribution is -0.0359. The van der Waals surface area contributed by atoms with Crippen LogP contribution in [0.5, 0.6) is 0 Å². The Kier molecular flexibility index (Phi) is 2.49. The summed E-state index contributed by atoms with van der Waals surface area (Å²) in [4.78, 5) is 0. The summed E-state index contributed by atoms with van der Waals surface area (Å²) in [6.45, 7) is 0. The fourth-order valence-corrected chi connectivity index (χ4v) is 1.35. The van der Waals surface area contributed by atoms with Crippen molar-refractivity contribution in [3.8, 4) is 0 Å². The van der Waals surface area contributed by atoms with Crippen molar-refractivity contribution >= 4 is 0 Å². The Morgan fingerprint density at radius 2 is 2.00 bits per heavy atom. The van der Waals surface area contributed by atoms with Gasteiger partial charge in [0.15, 0.2) is 0 Å². The van der Waals surface area contributed by atoms with Gasteiger partial charge >= 0.3 is 0 Å². The molecule has 0 radical (unpaired) electrons. The second-order valence-corrected chi connectivity index (χ2v) is 2.63. The summed E-state index contributed by atoms with van der Waals surface area (Å²) in [7, 11) is 1.67. The molecule has 0 bridgehead atoms. The fourth-order valence-electron chi connectivity index (χ4n) is 1.35. The normalized spacial score (nSPS) is 36.7. The average Bonchev–Trinajstić information content (AvgIpc) is 1.89. The second kappa shape index (κ2) is 3.18. The number of hydrogen-bond acceptors (Lipinski definition) is 2. The van der Waals surface area contributed by atoms with Crippen LogP contribution in [0.25, 0.3) is 0 Å². The van der Waals surface area contributed by atoms with Gasteiger partial charge in [0.05, 0.1) is 12.2 Å². The predicted molar refractivity (Wildman–Crippen MR) is 35.3 cm³/mol. The van der Waals surface area contributed by atoms with Crippen LogP contribution in [0.2, 0.25) is 0 Å². The van der Waals surface area contributed by atoms with Crippen LogP contribution < -0.4 is 0 Å². The van der Waals surface area contributed by atoms with Crippen molar-refractivity contribution in [1.29, 1.82) is 0 Å². The SMILES string of the molecule is CO[C@@H]1CCCCC1O. The molecule has 1 saturated carbocycles. The van der Waals surface area contributed by atoms with Crippen molar-refractivity contribution in [3.05, 3.63) is 0 Å². The highest BCUT2D eigenvalue weighted by molar-refractivity contribution is 4.73. The molecule has 54 valence electrons. The summed E-state index contributed by atoms with van der Waals surface area (Å²) >= 11 is 0. The van der Waals surface area contributed by atoms with Gasteiger partial charge in [-0.3, -0.25) is 0 Å². The van der Waals surface area contributed by atoms with Crippen LogP contribution in [0, 0.1) is 0 Å². The zero-order valence-corrected chi connectivity index (χ0v) is 5.84. The van der Waals surface area contributed by atoms with Crippen molar-refractivity contribution in [2.45, 2.75) is 37.9 Å². The molecule has 2 heteroatoms. The Hall–Kier alpha value is -0.0800. The quantitative estimate of drug-likeness (QED) is 0.572. The first-order valence-corrected chi connectivity index (χ1v) is 3.55. The molecule has 0 saturated heterocycles. The minimum absolute atomic E-state index is 0.110. The number of ether oxygens (including phenoxy) is 1. The van der Waals surface area contributed by atoms with Gasteiger partial charge in [-0.25, -0.2) is 0 Å². The van der Waals surface area contributed by atoms with Crippen LogP contribution in [0.15, 0.2) is 0 Å². The highest BCUT2D eigenvalue weighted by Crippen LogP contribution is 2.19. The molecule has 1 unspecified atom stereocenters. The third kappa shape index (κ3) is 1.66. The van der Waals surface area contributed by atoms with Crippen LogP contribution in [0.1, 0.15) is 25.7 Å². The number of aliphatic hydroxyl groups excluding tert-OH is 1. The summed E-state index contributed by atoms with van der Waals surface area (Å²) in [6.07, 6.45) is 4.20. The molecule has 1 aliphatic rings. The smallest absolute Gasteiger partial charge is 0.0830 e. The summed E-state index contributed by atoms with van der Waals surface area (Å²) in [6, 6.07) is 0. The molecular formula is C7H14O2. The van der Waals surface area contributed by atoms with Crippen LogP contribution in [0.4, 0.5) is 0 Å². The monoisotopic (exact) mass is 130 g/mol. The van der Waals surface area contributed by atoms with Gasteiger partial charge in [-0.15, -0.1) is 0 Å². The lowest BCUT2D eigenvalue weighted by Gasteiger charge is -2.25. The highest BCUT2D eigenvalue weighted by atomic mass is 16.5. The first-order chi connectivity index (χ1) is 4.34. The van der Waals surface area contributed by atoms with E-state index >= 15 is 0 Å². The average molecular weight is 130 g/mol. The third-order valence-electron chi connectivity index (χ3n) is 1.97. The molecule has 1 rings (SSSR count). The molecule has 0 amide bonds. The predicted octanol–water partition coefficient (Wildman–Crippen LogP) is 0.936. The van der Waals surface area contributed by atoms with Gasteiger partial charge in [-0.2, -0.15) is 0 Å². The topological polar surface area (TPSA) is 29.5 Å².